The Bertz CT molecular complexity index is 1620. The minimum Gasteiger partial charge on any atom is -0.480 e. The highest BCUT2D eigenvalue weighted by molar-refractivity contribution is 5.98. The summed E-state index contributed by atoms with van der Waals surface area (Å²) in [6, 6.07) is -9.43. The molecular formula is C42H76F3N9O12. The molecule has 10 atom stereocenters. The van der Waals surface area contributed by atoms with Crippen LogP contribution in [0.3, 0.4) is 0 Å². The Labute approximate surface area is 385 Å². The molecule has 10 unspecified atom stereocenters. The number of rotatable bonds is 27. The molecular weight excluding hydrogens is 880 g/mol. The van der Waals surface area contributed by atoms with Gasteiger partial charge in [-0.3, -0.25) is 33.6 Å². The number of halogens is 3. The normalized spacial score (nSPS) is 16.1. The van der Waals surface area contributed by atoms with Gasteiger partial charge in [0, 0.05) is 0 Å². The number of carbonyl (C=O) groups excluding carboxylic acids is 7. The summed E-state index contributed by atoms with van der Waals surface area (Å²) in [6.45, 7) is 20.4. The van der Waals surface area contributed by atoms with E-state index < -0.39 is 132 Å². The van der Waals surface area contributed by atoms with E-state index in [0.717, 1.165) is 0 Å². The molecule has 382 valence electrons. The number of alkyl halides is 3. The zero-order valence-electron chi connectivity index (χ0n) is 40.1. The van der Waals surface area contributed by atoms with Crippen LogP contribution >= 0.6 is 0 Å². The third-order valence-electron chi connectivity index (χ3n) is 10.3. The summed E-state index contributed by atoms with van der Waals surface area (Å²) in [5.74, 6) is -10.8. The van der Waals surface area contributed by atoms with Crippen LogP contribution in [0, 0.1) is 29.6 Å². The lowest BCUT2D eigenvalue weighted by molar-refractivity contribution is -0.192. The quantitative estimate of drug-likeness (QED) is 0.0483. The lowest BCUT2D eigenvalue weighted by atomic mass is 9.96. The van der Waals surface area contributed by atoms with Gasteiger partial charge in [0.2, 0.25) is 41.4 Å². The largest absolute Gasteiger partial charge is 0.490 e. The molecule has 0 aliphatic carbocycles. The average molecular weight is 956 g/mol. The highest BCUT2D eigenvalue weighted by Gasteiger charge is 2.39. The molecule has 0 aromatic heterocycles. The molecule has 0 aromatic rings. The van der Waals surface area contributed by atoms with Gasteiger partial charge in [0.1, 0.15) is 42.3 Å². The molecule has 0 saturated carbocycles. The molecule has 0 aliphatic heterocycles. The molecule has 0 aromatic carbocycles. The summed E-state index contributed by atoms with van der Waals surface area (Å²) < 4.78 is 31.7. The van der Waals surface area contributed by atoms with Crippen molar-refractivity contribution in [3.63, 3.8) is 0 Å². The van der Waals surface area contributed by atoms with Crippen LogP contribution in [0.2, 0.25) is 0 Å². The predicted octanol–water partition coefficient (Wildman–Crippen LogP) is 0.0151. The Morgan fingerprint density at radius 3 is 1.33 bits per heavy atom. The Morgan fingerprint density at radius 1 is 0.545 bits per heavy atom. The predicted molar refractivity (Wildman–Crippen MR) is 237 cm³/mol. The molecule has 0 bridgehead atoms. The molecule has 21 nitrogen and oxygen atoms in total. The van der Waals surface area contributed by atoms with Crippen molar-refractivity contribution >= 4 is 53.3 Å². The monoisotopic (exact) mass is 956 g/mol. The summed E-state index contributed by atoms with van der Waals surface area (Å²) >= 11 is 0. The van der Waals surface area contributed by atoms with Gasteiger partial charge in [-0.15, -0.1) is 0 Å². The van der Waals surface area contributed by atoms with Gasteiger partial charge in [0.15, 0.2) is 0 Å². The number of carbonyl (C=O) groups is 9. The lowest BCUT2D eigenvalue weighted by Crippen LogP contribution is -2.63. The topological polar surface area (TPSA) is 351 Å². The number of nitrogens with one attached hydrogen (secondary N) is 7. The van der Waals surface area contributed by atoms with E-state index in [9.17, 15) is 61.7 Å². The zero-order chi connectivity index (χ0) is 52.0. The van der Waals surface area contributed by atoms with Gasteiger partial charge < -0.3 is 64.0 Å². The Balaban J connectivity index is 0. The molecule has 7 amide bonds. The second kappa shape index (κ2) is 30.2. The minimum atomic E-state index is -5.08. The van der Waals surface area contributed by atoms with Gasteiger partial charge in [0.05, 0.1) is 12.1 Å². The van der Waals surface area contributed by atoms with Crippen molar-refractivity contribution in [3.8, 4) is 0 Å². The Morgan fingerprint density at radius 2 is 0.955 bits per heavy atom. The first-order valence-electron chi connectivity index (χ1n) is 22.0. The number of carboxylic acids is 2. The van der Waals surface area contributed by atoms with Crippen molar-refractivity contribution in [2.45, 2.75) is 176 Å². The van der Waals surface area contributed by atoms with Crippen molar-refractivity contribution in [2.24, 2.45) is 41.1 Å². The fraction of sp³-hybridized carbons (Fsp3) is 0.786. The van der Waals surface area contributed by atoms with Crippen LogP contribution in [0.1, 0.15) is 115 Å². The first kappa shape index (κ1) is 63.0. The average Bonchev–Trinajstić information content (AvgIpc) is 3.20. The van der Waals surface area contributed by atoms with Crippen LogP contribution in [0.4, 0.5) is 13.2 Å². The zero-order valence-corrected chi connectivity index (χ0v) is 40.1. The molecule has 0 saturated heterocycles. The van der Waals surface area contributed by atoms with Gasteiger partial charge in [-0.25, -0.2) is 9.59 Å². The summed E-state index contributed by atoms with van der Waals surface area (Å²) in [7, 11) is 0. The highest BCUT2D eigenvalue weighted by Crippen LogP contribution is 2.14. The Kier molecular flexibility index (Phi) is 28.9. The molecule has 0 aliphatic rings. The van der Waals surface area contributed by atoms with Crippen molar-refractivity contribution in [1.29, 1.82) is 0 Å². The molecule has 0 heterocycles. The van der Waals surface area contributed by atoms with E-state index in [4.69, 9.17) is 21.4 Å². The van der Waals surface area contributed by atoms with Gasteiger partial charge >= 0.3 is 18.1 Å². The van der Waals surface area contributed by atoms with E-state index in [1.807, 2.05) is 13.8 Å². The summed E-state index contributed by atoms with van der Waals surface area (Å²) in [5.41, 5.74) is 11.4. The maximum Gasteiger partial charge on any atom is 0.490 e. The van der Waals surface area contributed by atoms with Gasteiger partial charge in [0.25, 0.3) is 0 Å². The maximum absolute atomic E-state index is 13.8. The number of hydrogen-bond donors (Lipinski definition) is 12. The van der Waals surface area contributed by atoms with Crippen molar-refractivity contribution < 1.29 is 71.6 Å². The molecule has 24 heteroatoms. The second-order valence-corrected chi connectivity index (χ2v) is 17.7. The SMILES string of the molecule is CCC(C)C(NC(=O)C(C)NC(=O)C(N)C(C)C)C(=O)NC(C(=O)NC(C(=O)NC(CC(C)C)C(=O)NC(C(=O)NC(CCCCN)C(=O)O)C(C)C)C(C)C)C(C)O.O=C(O)C(F)(F)F. The van der Waals surface area contributed by atoms with Crippen LogP contribution in [-0.4, -0.2) is 136 Å². The number of carboxylic acid groups (broad SMARTS) is 2. The second-order valence-electron chi connectivity index (χ2n) is 17.7. The van der Waals surface area contributed by atoms with E-state index in [-0.39, 0.29) is 24.7 Å². The lowest BCUT2D eigenvalue weighted by Gasteiger charge is -2.31. The molecule has 14 N–H and O–H groups in total. The number of unbranched alkanes of at least 4 members (excludes halogenated alkanes) is 1. The number of aliphatic hydroxyl groups is 1. The molecule has 0 rings (SSSR count). The summed E-state index contributed by atoms with van der Waals surface area (Å²) in [6.07, 6.45) is -4.78. The van der Waals surface area contributed by atoms with E-state index in [0.29, 0.717) is 25.8 Å². The van der Waals surface area contributed by atoms with Gasteiger partial charge in [-0.1, -0.05) is 75.7 Å². The van der Waals surface area contributed by atoms with E-state index in [1.165, 1.54) is 13.8 Å². The number of nitrogens with two attached hydrogens (primary N) is 2. The highest BCUT2D eigenvalue weighted by atomic mass is 19.4. The molecule has 0 spiro atoms. The van der Waals surface area contributed by atoms with Crippen LogP contribution in [0.5, 0.6) is 0 Å². The van der Waals surface area contributed by atoms with E-state index in [1.54, 1.807) is 55.4 Å². The van der Waals surface area contributed by atoms with Gasteiger partial charge in [-0.05, 0) is 75.7 Å². The standard InChI is InChI=1S/C40H75N9O10.C2HF3O2/c1-13-23(10)31(48-33(51)24(11)43-35(53)28(42)20(4)5)38(56)49-32(25(12)50)39(57)47-30(22(8)9)37(55)45-27(18-19(2)3)34(52)46-29(21(6)7)36(54)44-26(40(58)59)16-14-15-17-41;3-2(4,5)1(6)7/h19-32,50H,13-18,41-42H2,1-12H3,(H,43,53)(H,44,54)(H,45,55)(H,46,52)(H,47,57)(H,48,51)(H,49,56)(H,58,59);(H,6,7). The summed E-state index contributed by atoms with van der Waals surface area (Å²) in [4.78, 5) is 114. The van der Waals surface area contributed by atoms with E-state index in [2.05, 4.69) is 37.2 Å². The van der Waals surface area contributed by atoms with Gasteiger partial charge in [-0.2, -0.15) is 13.2 Å². The maximum atomic E-state index is 13.8. The van der Waals surface area contributed by atoms with E-state index >= 15 is 0 Å². The third kappa shape index (κ3) is 23.4. The summed E-state index contributed by atoms with van der Waals surface area (Å²) in [5, 5.41) is 45.5. The van der Waals surface area contributed by atoms with Crippen molar-refractivity contribution in [3.05, 3.63) is 0 Å². The Hall–Kier alpha value is -5.10. The van der Waals surface area contributed by atoms with Crippen LogP contribution in [0.25, 0.3) is 0 Å². The van der Waals surface area contributed by atoms with Crippen molar-refractivity contribution in [1.82, 2.24) is 37.2 Å². The third-order valence-corrected chi connectivity index (χ3v) is 10.3. The fourth-order valence-corrected chi connectivity index (χ4v) is 5.85. The smallest absolute Gasteiger partial charge is 0.480 e. The van der Waals surface area contributed by atoms with Crippen LogP contribution < -0.4 is 48.7 Å². The first-order chi connectivity index (χ1) is 30.2. The van der Waals surface area contributed by atoms with Crippen LogP contribution in [-0.2, 0) is 43.2 Å². The molecule has 0 radical (unpaired) electrons. The fourth-order valence-electron chi connectivity index (χ4n) is 5.85. The number of aliphatic carboxylic acids is 2. The number of aliphatic hydroxyl groups excluding tert-OH is 1. The molecule has 66 heavy (non-hydrogen) atoms. The van der Waals surface area contributed by atoms with Crippen molar-refractivity contribution in [2.75, 3.05) is 6.54 Å². The first-order valence-corrected chi connectivity index (χ1v) is 22.0. The minimum absolute atomic E-state index is 0.117. The molecule has 0 fully saturated rings. The number of amides is 7. The number of hydrogen-bond acceptors (Lipinski definition) is 12. The van der Waals surface area contributed by atoms with Crippen LogP contribution in [0.15, 0.2) is 0 Å².